The highest BCUT2D eigenvalue weighted by Crippen LogP contribution is 2.59. The average molecular weight is 451 g/mol. The molecule has 3 saturated heterocycles. The van der Waals surface area contributed by atoms with E-state index in [4.69, 9.17) is 9.47 Å². The summed E-state index contributed by atoms with van der Waals surface area (Å²) in [4.78, 5) is 44.0. The van der Waals surface area contributed by atoms with Crippen molar-refractivity contribution in [2.75, 3.05) is 19.8 Å². The van der Waals surface area contributed by atoms with Crippen LogP contribution >= 0.6 is 0 Å². The maximum absolute atomic E-state index is 14.1. The van der Waals surface area contributed by atoms with E-state index in [2.05, 4.69) is 13.5 Å². The van der Waals surface area contributed by atoms with E-state index in [0.717, 1.165) is 12.8 Å². The molecule has 3 fully saturated rings. The zero-order valence-corrected chi connectivity index (χ0v) is 19.8. The Hall–Kier alpha value is -1.93. The third-order valence-electron chi connectivity index (χ3n) is 7.45. The van der Waals surface area contributed by atoms with Crippen molar-refractivity contribution in [3.8, 4) is 0 Å². The van der Waals surface area contributed by atoms with Gasteiger partial charge >= 0.3 is 5.97 Å². The van der Waals surface area contributed by atoms with E-state index in [0.29, 0.717) is 25.8 Å². The first-order chi connectivity index (χ1) is 15.3. The summed E-state index contributed by atoms with van der Waals surface area (Å²) in [6, 6.07) is -1.43. The Morgan fingerprint density at radius 3 is 2.69 bits per heavy atom. The van der Waals surface area contributed by atoms with Crippen LogP contribution in [0.15, 0.2) is 12.7 Å². The monoisotopic (exact) mass is 450 g/mol. The Kier molecular flexibility index (Phi) is 7.65. The number of aliphatic hydroxyl groups is 1. The number of carbonyl (C=O) groups is 3. The summed E-state index contributed by atoms with van der Waals surface area (Å²) in [7, 11) is 0. The van der Waals surface area contributed by atoms with Gasteiger partial charge in [-0.25, -0.2) is 0 Å². The summed E-state index contributed by atoms with van der Waals surface area (Å²) in [5.41, 5.74) is -1.07. The second-order valence-electron chi connectivity index (χ2n) is 9.22. The molecule has 3 aliphatic rings. The Morgan fingerprint density at radius 2 is 2.12 bits per heavy atom. The molecule has 180 valence electrons. The molecule has 0 aliphatic carbocycles. The van der Waals surface area contributed by atoms with Crippen molar-refractivity contribution in [3.63, 3.8) is 0 Å². The highest BCUT2D eigenvalue weighted by molar-refractivity contribution is 5.98. The lowest BCUT2D eigenvalue weighted by Gasteiger charge is -2.40. The lowest BCUT2D eigenvalue weighted by atomic mass is 9.70. The molecule has 1 spiro atoms. The molecule has 3 unspecified atom stereocenters. The van der Waals surface area contributed by atoms with Gasteiger partial charge in [0.05, 0.1) is 37.2 Å². The van der Waals surface area contributed by atoms with Gasteiger partial charge in [-0.05, 0) is 39.5 Å². The number of hydrogen-bond donors (Lipinski definition) is 1. The number of amides is 2. The molecule has 0 radical (unpaired) electrons. The van der Waals surface area contributed by atoms with Gasteiger partial charge in [-0.2, -0.15) is 0 Å². The lowest BCUT2D eigenvalue weighted by molar-refractivity contribution is -0.156. The van der Waals surface area contributed by atoms with E-state index in [9.17, 15) is 19.5 Å². The molecule has 0 saturated carbocycles. The number of rotatable bonds is 11. The van der Waals surface area contributed by atoms with Crippen molar-refractivity contribution in [1.82, 2.24) is 9.80 Å². The quantitative estimate of drug-likeness (QED) is 0.382. The van der Waals surface area contributed by atoms with E-state index in [1.165, 1.54) is 4.90 Å². The highest BCUT2D eigenvalue weighted by Gasteiger charge is 2.75. The van der Waals surface area contributed by atoms with Crippen LogP contribution in [-0.4, -0.2) is 82.3 Å². The second-order valence-corrected chi connectivity index (χ2v) is 9.22. The molecule has 0 aromatic rings. The van der Waals surface area contributed by atoms with Gasteiger partial charge in [0, 0.05) is 12.6 Å². The van der Waals surface area contributed by atoms with Crippen molar-refractivity contribution in [2.24, 2.45) is 11.8 Å². The highest BCUT2D eigenvalue weighted by atomic mass is 16.6. The number of carbonyl (C=O) groups excluding carboxylic acids is 3. The number of esters is 1. The molecular formula is C24H38N2O6. The molecule has 0 aromatic carbocycles. The van der Waals surface area contributed by atoms with E-state index < -0.39 is 41.6 Å². The molecule has 8 heteroatoms. The standard InChI is InChI=1S/C24H38N2O6/c1-6-10-15(5)25(13-7-2)22(29)20-24-12-11-17(32-24)18(23(30)31-9-4)19(24)21(28)26(20)16(8-3)14-27/h7,15-20,27H,2,6,8-14H2,1,3-5H3/t15?,16-,17+,18-,19-,20?,24?/m0/s1. The minimum Gasteiger partial charge on any atom is -0.466 e. The van der Waals surface area contributed by atoms with E-state index in [1.807, 2.05) is 13.8 Å². The molecule has 0 aromatic heterocycles. The largest absolute Gasteiger partial charge is 0.466 e. The van der Waals surface area contributed by atoms with Gasteiger partial charge in [0.2, 0.25) is 11.8 Å². The Labute approximate surface area is 190 Å². The maximum Gasteiger partial charge on any atom is 0.312 e. The van der Waals surface area contributed by atoms with Gasteiger partial charge in [-0.3, -0.25) is 14.4 Å². The van der Waals surface area contributed by atoms with E-state index >= 15 is 0 Å². The third kappa shape index (κ3) is 3.75. The van der Waals surface area contributed by atoms with Crippen molar-refractivity contribution in [3.05, 3.63) is 12.7 Å². The molecule has 32 heavy (non-hydrogen) atoms. The van der Waals surface area contributed by atoms with Gasteiger partial charge < -0.3 is 24.4 Å². The molecule has 8 nitrogen and oxygen atoms in total. The van der Waals surface area contributed by atoms with Crippen LogP contribution in [0.1, 0.15) is 59.8 Å². The topological polar surface area (TPSA) is 96.4 Å². The van der Waals surface area contributed by atoms with Crippen molar-refractivity contribution < 1.29 is 29.0 Å². The van der Waals surface area contributed by atoms with E-state index in [-0.39, 0.29) is 31.1 Å². The fourth-order valence-corrected chi connectivity index (χ4v) is 6.04. The average Bonchev–Trinajstić information content (AvgIpc) is 3.41. The van der Waals surface area contributed by atoms with Gasteiger partial charge in [0.1, 0.15) is 11.6 Å². The van der Waals surface area contributed by atoms with Gasteiger partial charge in [-0.15, -0.1) is 6.58 Å². The Bertz CT molecular complexity index is 738. The summed E-state index contributed by atoms with van der Waals surface area (Å²) in [6.07, 6.45) is 4.64. The lowest BCUT2D eigenvalue weighted by Crippen LogP contribution is -2.60. The predicted octanol–water partition coefficient (Wildman–Crippen LogP) is 1.90. The van der Waals surface area contributed by atoms with Crippen LogP contribution < -0.4 is 0 Å². The summed E-state index contributed by atoms with van der Waals surface area (Å²) in [5.74, 6) is -2.40. The fraction of sp³-hybridized carbons (Fsp3) is 0.792. The number of fused-ring (bicyclic) bond motifs is 1. The SMILES string of the molecule is C=CCN(C(=O)C1N([C@@H](CC)CO)C(=O)[C@@H]2[C@@H](C(=O)OCC)[C@H]3CCC12O3)C(C)CCC. The van der Waals surface area contributed by atoms with Gasteiger partial charge in [0.25, 0.3) is 0 Å². The summed E-state index contributed by atoms with van der Waals surface area (Å²) >= 11 is 0. The van der Waals surface area contributed by atoms with Crippen LogP contribution in [0.2, 0.25) is 0 Å². The fourth-order valence-electron chi connectivity index (χ4n) is 6.04. The molecule has 3 aliphatic heterocycles. The zero-order chi connectivity index (χ0) is 23.6. The van der Waals surface area contributed by atoms with Crippen LogP contribution in [0.25, 0.3) is 0 Å². The van der Waals surface area contributed by atoms with Gasteiger partial charge in [-0.1, -0.05) is 26.3 Å². The van der Waals surface area contributed by atoms with E-state index in [1.54, 1.807) is 17.9 Å². The molecule has 3 heterocycles. The minimum absolute atomic E-state index is 0.0356. The molecule has 3 rings (SSSR count). The first-order valence-corrected chi connectivity index (χ1v) is 12.0. The smallest absolute Gasteiger partial charge is 0.312 e. The molecule has 7 atom stereocenters. The van der Waals surface area contributed by atoms with Crippen LogP contribution in [0.4, 0.5) is 0 Å². The van der Waals surface area contributed by atoms with Crippen LogP contribution in [-0.2, 0) is 23.9 Å². The summed E-state index contributed by atoms with van der Waals surface area (Å²) in [5, 5.41) is 10.1. The first-order valence-electron chi connectivity index (χ1n) is 12.0. The second kappa shape index (κ2) is 9.91. The van der Waals surface area contributed by atoms with Crippen molar-refractivity contribution in [2.45, 2.75) is 89.6 Å². The zero-order valence-electron chi connectivity index (χ0n) is 19.8. The Balaban J connectivity index is 2.07. The Morgan fingerprint density at radius 1 is 1.41 bits per heavy atom. The van der Waals surface area contributed by atoms with Crippen molar-refractivity contribution in [1.29, 1.82) is 0 Å². The number of nitrogens with zero attached hydrogens (tertiary/aromatic N) is 2. The number of likely N-dealkylation sites (tertiary alicyclic amines) is 1. The number of hydrogen-bond acceptors (Lipinski definition) is 6. The normalized spacial score (nSPS) is 32.5. The van der Waals surface area contributed by atoms with Crippen LogP contribution in [0, 0.1) is 11.8 Å². The number of aliphatic hydroxyl groups excluding tert-OH is 1. The predicted molar refractivity (Wildman–Crippen MR) is 119 cm³/mol. The number of ether oxygens (including phenoxy) is 2. The van der Waals surface area contributed by atoms with Crippen LogP contribution in [0.5, 0.6) is 0 Å². The van der Waals surface area contributed by atoms with Crippen molar-refractivity contribution >= 4 is 17.8 Å². The third-order valence-corrected chi connectivity index (χ3v) is 7.45. The van der Waals surface area contributed by atoms with Gasteiger partial charge in [0.15, 0.2) is 0 Å². The first kappa shape index (κ1) is 24.7. The molecule has 2 bridgehead atoms. The maximum atomic E-state index is 14.1. The summed E-state index contributed by atoms with van der Waals surface area (Å²) in [6.45, 7) is 11.8. The summed E-state index contributed by atoms with van der Waals surface area (Å²) < 4.78 is 11.7. The molecular weight excluding hydrogens is 412 g/mol. The minimum atomic E-state index is -1.07. The molecule has 2 amide bonds. The van der Waals surface area contributed by atoms with Crippen LogP contribution in [0.3, 0.4) is 0 Å². The molecule has 1 N–H and O–H groups in total.